The Labute approximate surface area is 119 Å². The van der Waals surface area contributed by atoms with E-state index >= 15 is 0 Å². The molecule has 2 heterocycles. The third-order valence-electron chi connectivity index (χ3n) is 3.01. The van der Waals surface area contributed by atoms with Gasteiger partial charge in [-0.05, 0) is 18.6 Å². The normalized spacial score (nSPS) is 11.1. The second kappa shape index (κ2) is 5.09. The first kappa shape index (κ1) is 12.9. The fourth-order valence-electron chi connectivity index (χ4n) is 2.12. The number of carboxylic acid groups (broad SMARTS) is 1. The first-order valence-corrected chi connectivity index (χ1v) is 7.22. The van der Waals surface area contributed by atoms with Gasteiger partial charge in [0.1, 0.15) is 10.5 Å². The Morgan fingerprint density at radius 1 is 1.40 bits per heavy atom. The molecule has 0 aliphatic carbocycles. The summed E-state index contributed by atoms with van der Waals surface area (Å²) in [7, 11) is 0. The van der Waals surface area contributed by atoms with Crippen LogP contribution in [0.2, 0.25) is 0 Å². The standard InChI is InChI=1S/C15H13NO3S/c1-2-5-10-13(15(17)18)20-14(16-10)12-8-9-6-3-4-7-11(9)19-12/h3-4,6-8H,2,5H2,1H3,(H,17,18). The van der Waals surface area contributed by atoms with Crippen LogP contribution in [0.15, 0.2) is 34.7 Å². The maximum absolute atomic E-state index is 11.3. The summed E-state index contributed by atoms with van der Waals surface area (Å²) in [6, 6.07) is 9.59. The lowest BCUT2D eigenvalue weighted by molar-refractivity contribution is 0.0700. The number of rotatable bonds is 4. The Kier molecular flexibility index (Phi) is 3.28. The van der Waals surface area contributed by atoms with Gasteiger partial charge in [0, 0.05) is 5.39 Å². The van der Waals surface area contributed by atoms with Crippen molar-refractivity contribution in [2.45, 2.75) is 19.8 Å². The van der Waals surface area contributed by atoms with Crippen molar-refractivity contribution < 1.29 is 14.3 Å². The van der Waals surface area contributed by atoms with Crippen LogP contribution in [0.1, 0.15) is 28.7 Å². The number of aromatic carboxylic acids is 1. The summed E-state index contributed by atoms with van der Waals surface area (Å²) >= 11 is 1.17. The molecule has 1 aromatic carbocycles. The van der Waals surface area contributed by atoms with E-state index in [9.17, 15) is 9.90 Å². The zero-order chi connectivity index (χ0) is 14.1. The van der Waals surface area contributed by atoms with Crippen LogP contribution < -0.4 is 0 Å². The third kappa shape index (κ3) is 2.20. The van der Waals surface area contributed by atoms with E-state index in [4.69, 9.17) is 4.42 Å². The van der Waals surface area contributed by atoms with Gasteiger partial charge in [-0.3, -0.25) is 0 Å². The molecule has 1 N–H and O–H groups in total. The van der Waals surface area contributed by atoms with Crippen molar-refractivity contribution in [1.82, 2.24) is 4.98 Å². The van der Waals surface area contributed by atoms with E-state index in [1.165, 1.54) is 11.3 Å². The molecule has 0 aliphatic rings. The molecule has 0 spiro atoms. The fraction of sp³-hybridized carbons (Fsp3) is 0.200. The van der Waals surface area contributed by atoms with Crippen molar-refractivity contribution in [2.75, 3.05) is 0 Å². The predicted octanol–water partition coefficient (Wildman–Crippen LogP) is 4.21. The molecule has 20 heavy (non-hydrogen) atoms. The average Bonchev–Trinajstić information content (AvgIpc) is 3.02. The SMILES string of the molecule is CCCc1nc(-c2cc3ccccc3o2)sc1C(=O)O. The van der Waals surface area contributed by atoms with Crippen molar-refractivity contribution >= 4 is 28.3 Å². The van der Waals surface area contributed by atoms with Gasteiger partial charge < -0.3 is 9.52 Å². The number of hydrogen-bond donors (Lipinski definition) is 1. The molecule has 0 saturated heterocycles. The van der Waals surface area contributed by atoms with Gasteiger partial charge in [-0.25, -0.2) is 9.78 Å². The monoisotopic (exact) mass is 287 g/mol. The largest absolute Gasteiger partial charge is 0.477 e. The maximum Gasteiger partial charge on any atom is 0.347 e. The Morgan fingerprint density at radius 2 is 2.20 bits per heavy atom. The van der Waals surface area contributed by atoms with Crippen LogP contribution in [0.4, 0.5) is 0 Å². The van der Waals surface area contributed by atoms with E-state index in [0.29, 0.717) is 27.8 Å². The fourth-order valence-corrected chi connectivity index (χ4v) is 3.02. The molecule has 5 heteroatoms. The minimum Gasteiger partial charge on any atom is -0.477 e. The molecular weight excluding hydrogens is 274 g/mol. The Bertz CT molecular complexity index is 739. The van der Waals surface area contributed by atoms with Crippen LogP contribution in [0.25, 0.3) is 21.7 Å². The summed E-state index contributed by atoms with van der Waals surface area (Å²) in [4.78, 5) is 16.0. The lowest BCUT2D eigenvalue weighted by Gasteiger charge is -1.92. The molecular formula is C15H13NO3S. The summed E-state index contributed by atoms with van der Waals surface area (Å²) in [6.45, 7) is 2.01. The van der Waals surface area contributed by atoms with Crippen LogP contribution in [0.5, 0.6) is 0 Å². The van der Waals surface area contributed by atoms with Crippen LogP contribution in [-0.4, -0.2) is 16.1 Å². The number of para-hydroxylation sites is 1. The summed E-state index contributed by atoms with van der Waals surface area (Å²) in [5.74, 6) is -0.297. The number of fused-ring (bicyclic) bond motifs is 1. The smallest absolute Gasteiger partial charge is 0.347 e. The number of carbonyl (C=O) groups is 1. The summed E-state index contributed by atoms with van der Waals surface area (Å²) < 4.78 is 5.74. The number of thiazole rings is 1. The van der Waals surface area contributed by atoms with E-state index < -0.39 is 5.97 Å². The molecule has 0 bridgehead atoms. The van der Waals surface area contributed by atoms with Crippen LogP contribution in [0.3, 0.4) is 0 Å². The van der Waals surface area contributed by atoms with E-state index in [1.807, 2.05) is 37.3 Å². The van der Waals surface area contributed by atoms with Crippen molar-refractivity contribution in [1.29, 1.82) is 0 Å². The Hall–Kier alpha value is -2.14. The van der Waals surface area contributed by atoms with Gasteiger partial charge in [0.05, 0.1) is 5.69 Å². The van der Waals surface area contributed by atoms with Crippen molar-refractivity contribution in [2.24, 2.45) is 0 Å². The van der Waals surface area contributed by atoms with Gasteiger partial charge in [0.15, 0.2) is 10.8 Å². The van der Waals surface area contributed by atoms with E-state index in [2.05, 4.69) is 4.98 Å². The molecule has 102 valence electrons. The average molecular weight is 287 g/mol. The highest BCUT2D eigenvalue weighted by Gasteiger charge is 2.19. The van der Waals surface area contributed by atoms with Gasteiger partial charge in [-0.15, -0.1) is 11.3 Å². The molecule has 4 nitrogen and oxygen atoms in total. The molecule has 0 saturated carbocycles. The molecule has 0 atom stereocenters. The maximum atomic E-state index is 11.3. The zero-order valence-electron chi connectivity index (χ0n) is 10.9. The highest BCUT2D eigenvalue weighted by atomic mass is 32.1. The molecule has 0 amide bonds. The summed E-state index contributed by atoms with van der Waals surface area (Å²) in [6.07, 6.45) is 1.53. The topological polar surface area (TPSA) is 63.3 Å². The lowest BCUT2D eigenvalue weighted by atomic mass is 10.2. The van der Waals surface area contributed by atoms with Gasteiger partial charge in [-0.1, -0.05) is 31.5 Å². The minimum atomic E-state index is -0.923. The van der Waals surface area contributed by atoms with E-state index in [1.54, 1.807) is 0 Å². The number of hydrogen-bond acceptors (Lipinski definition) is 4. The van der Waals surface area contributed by atoms with Crippen LogP contribution in [-0.2, 0) is 6.42 Å². The van der Waals surface area contributed by atoms with Gasteiger partial charge in [-0.2, -0.15) is 0 Å². The van der Waals surface area contributed by atoms with Crippen LogP contribution in [0, 0.1) is 0 Å². The lowest BCUT2D eigenvalue weighted by Crippen LogP contribution is -1.98. The molecule has 0 aliphatic heterocycles. The number of carboxylic acids is 1. The second-order valence-electron chi connectivity index (χ2n) is 4.50. The Morgan fingerprint density at radius 3 is 2.90 bits per heavy atom. The summed E-state index contributed by atoms with van der Waals surface area (Å²) in [5, 5.41) is 10.9. The van der Waals surface area contributed by atoms with E-state index in [-0.39, 0.29) is 0 Å². The highest BCUT2D eigenvalue weighted by molar-refractivity contribution is 7.17. The van der Waals surface area contributed by atoms with Crippen molar-refractivity contribution in [3.05, 3.63) is 40.9 Å². The van der Waals surface area contributed by atoms with Gasteiger partial charge in [0.2, 0.25) is 0 Å². The number of benzene rings is 1. The third-order valence-corrected chi connectivity index (χ3v) is 4.11. The van der Waals surface area contributed by atoms with Gasteiger partial charge >= 0.3 is 5.97 Å². The minimum absolute atomic E-state index is 0.308. The molecule has 2 aromatic heterocycles. The first-order chi connectivity index (χ1) is 9.69. The van der Waals surface area contributed by atoms with E-state index in [0.717, 1.165) is 17.4 Å². The number of aryl methyl sites for hydroxylation is 1. The highest BCUT2D eigenvalue weighted by Crippen LogP contribution is 2.32. The number of furan rings is 1. The van der Waals surface area contributed by atoms with Gasteiger partial charge in [0.25, 0.3) is 0 Å². The first-order valence-electron chi connectivity index (χ1n) is 6.41. The molecule has 3 aromatic rings. The summed E-state index contributed by atoms with van der Waals surface area (Å²) in [5.41, 5.74) is 1.42. The molecule has 3 rings (SSSR count). The second-order valence-corrected chi connectivity index (χ2v) is 5.50. The molecule has 0 unspecified atom stereocenters. The number of aromatic nitrogens is 1. The number of nitrogens with zero attached hydrogens (tertiary/aromatic N) is 1. The van der Waals surface area contributed by atoms with Crippen LogP contribution >= 0.6 is 11.3 Å². The Balaban J connectivity index is 2.09. The van der Waals surface area contributed by atoms with Crippen molar-refractivity contribution in [3.63, 3.8) is 0 Å². The quantitative estimate of drug-likeness (QED) is 0.780. The molecule has 0 radical (unpaired) electrons. The molecule has 0 fully saturated rings. The zero-order valence-corrected chi connectivity index (χ0v) is 11.7. The predicted molar refractivity (Wildman–Crippen MR) is 78.3 cm³/mol. The van der Waals surface area contributed by atoms with Crippen molar-refractivity contribution in [3.8, 4) is 10.8 Å².